The smallest absolute Gasteiger partial charge is 0.251 e. The van der Waals surface area contributed by atoms with Gasteiger partial charge in [-0.2, -0.15) is 0 Å². The maximum absolute atomic E-state index is 12.5. The number of thiazole rings is 1. The van der Waals surface area contributed by atoms with Crippen LogP contribution in [0.25, 0.3) is 11.3 Å². The van der Waals surface area contributed by atoms with Crippen molar-refractivity contribution in [2.75, 3.05) is 5.32 Å². The van der Waals surface area contributed by atoms with Gasteiger partial charge in [-0.05, 0) is 36.8 Å². The summed E-state index contributed by atoms with van der Waals surface area (Å²) in [5.74, 6) is 0.349. The van der Waals surface area contributed by atoms with Gasteiger partial charge in [-0.3, -0.25) is 4.79 Å². The van der Waals surface area contributed by atoms with Crippen molar-refractivity contribution in [3.8, 4) is 11.3 Å². The predicted molar refractivity (Wildman–Crippen MR) is 115 cm³/mol. The number of aromatic nitrogens is 3. The number of benzene rings is 2. The summed E-state index contributed by atoms with van der Waals surface area (Å²) in [6.45, 7) is 2.45. The van der Waals surface area contributed by atoms with Crippen LogP contribution in [0.15, 0.2) is 72.4 Å². The van der Waals surface area contributed by atoms with Crippen molar-refractivity contribution < 1.29 is 4.79 Å². The van der Waals surface area contributed by atoms with Crippen LogP contribution in [0, 0.1) is 6.92 Å². The van der Waals surface area contributed by atoms with Crippen LogP contribution in [-0.2, 0) is 6.54 Å². The minimum absolute atomic E-state index is 0.137. The van der Waals surface area contributed by atoms with E-state index in [1.807, 2.05) is 48.7 Å². The molecule has 2 heterocycles. The zero-order valence-electron chi connectivity index (χ0n) is 15.8. The fraction of sp³-hybridized carbons (Fsp3) is 0.0909. The maximum atomic E-state index is 12.5. The lowest BCUT2D eigenvalue weighted by Gasteiger charge is -2.08. The van der Waals surface area contributed by atoms with Crippen LogP contribution in [0.3, 0.4) is 0 Å². The first-order valence-corrected chi connectivity index (χ1v) is 9.99. The van der Waals surface area contributed by atoms with Crippen molar-refractivity contribution in [1.82, 2.24) is 20.3 Å². The Kier molecular flexibility index (Phi) is 5.58. The molecule has 2 aromatic carbocycles. The summed E-state index contributed by atoms with van der Waals surface area (Å²) in [6, 6.07) is 17.1. The molecule has 1 amide bonds. The van der Waals surface area contributed by atoms with Crippen LogP contribution < -0.4 is 10.6 Å². The molecule has 0 aliphatic carbocycles. The fourth-order valence-electron chi connectivity index (χ4n) is 2.80. The average Bonchev–Trinajstić information content (AvgIpc) is 3.19. The van der Waals surface area contributed by atoms with E-state index in [-0.39, 0.29) is 5.91 Å². The van der Waals surface area contributed by atoms with Crippen LogP contribution in [0.1, 0.15) is 20.9 Å². The van der Waals surface area contributed by atoms with Crippen LogP contribution in [0.2, 0.25) is 0 Å². The first kappa shape index (κ1) is 18.8. The minimum Gasteiger partial charge on any atom is -0.348 e. The van der Waals surface area contributed by atoms with E-state index in [1.54, 1.807) is 41.9 Å². The highest BCUT2D eigenvalue weighted by Gasteiger charge is 2.08. The predicted octanol–water partition coefficient (Wildman–Crippen LogP) is 4.58. The Morgan fingerprint density at radius 2 is 1.83 bits per heavy atom. The van der Waals surface area contributed by atoms with E-state index < -0.39 is 0 Å². The van der Waals surface area contributed by atoms with Crippen molar-refractivity contribution in [1.29, 1.82) is 0 Å². The highest BCUT2D eigenvalue weighted by Crippen LogP contribution is 2.22. The van der Waals surface area contributed by atoms with Gasteiger partial charge < -0.3 is 10.6 Å². The van der Waals surface area contributed by atoms with Gasteiger partial charge in [0.15, 0.2) is 0 Å². The van der Waals surface area contributed by atoms with Crippen molar-refractivity contribution in [3.63, 3.8) is 0 Å². The molecule has 29 heavy (non-hydrogen) atoms. The fourth-order valence-corrected chi connectivity index (χ4v) is 3.43. The van der Waals surface area contributed by atoms with E-state index >= 15 is 0 Å². The first-order chi connectivity index (χ1) is 14.2. The molecule has 0 fully saturated rings. The Morgan fingerprint density at radius 3 is 2.55 bits per heavy atom. The zero-order valence-corrected chi connectivity index (χ0v) is 16.6. The lowest BCUT2D eigenvalue weighted by Crippen LogP contribution is -2.22. The molecule has 0 aliphatic heterocycles. The molecule has 6 nitrogen and oxygen atoms in total. The third kappa shape index (κ3) is 4.83. The molecule has 2 aromatic heterocycles. The standard InChI is InChI=1S/C22H19N5OS/c1-15-26-20(14-29-15)17-8-6-16(7-9-17)13-25-21(28)18-4-2-5-19(12-18)27-22-23-10-3-11-24-22/h2-12,14H,13H2,1H3,(H,25,28)(H,23,24,27). The Labute approximate surface area is 172 Å². The summed E-state index contributed by atoms with van der Waals surface area (Å²) < 4.78 is 0. The van der Waals surface area contributed by atoms with Crippen LogP contribution in [0.5, 0.6) is 0 Å². The molecule has 0 unspecified atom stereocenters. The van der Waals surface area contributed by atoms with E-state index in [4.69, 9.17) is 0 Å². The number of carbonyl (C=O) groups is 1. The second-order valence-electron chi connectivity index (χ2n) is 6.41. The Bertz CT molecular complexity index is 1110. The molecule has 0 saturated carbocycles. The lowest BCUT2D eigenvalue weighted by atomic mass is 10.1. The van der Waals surface area contributed by atoms with Crippen LogP contribution in [-0.4, -0.2) is 20.9 Å². The van der Waals surface area contributed by atoms with Crippen LogP contribution in [0.4, 0.5) is 11.6 Å². The quantitative estimate of drug-likeness (QED) is 0.494. The van der Waals surface area contributed by atoms with E-state index in [1.165, 1.54) is 0 Å². The van der Waals surface area contributed by atoms with E-state index in [0.29, 0.717) is 18.1 Å². The number of rotatable bonds is 6. The molecular weight excluding hydrogens is 382 g/mol. The van der Waals surface area contributed by atoms with E-state index in [0.717, 1.165) is 27.5 Å². The van der Waals surface area contributed by atoms with Gasteiger partial charge in [0, 0.05) is 41.1 Å². The van der Waals surface area contributed by atoms with Gasteiger partial charge >= 0.3 is 0 Å². The number of anilines is 2. The van der Waals surface area contributed by atoms with Gasteiger partial charge in [-0.15, -0.1) is 11.3 Å². The Hall–Kier alpha value is -3.58. The maximum Gasteiger partial charge on any atom is 0.251 e. The number of amides is 1. The molecule has 0 bridgehead atoms. The van der Waals surface area contributed by atoms with Gasteiger partial charge in [-0.25, -0.2) is 15.0 Å². The van der Waals surface area contributed by atoms with Crippen molar-refractivity contribution in [3.05, 3.63) is 88.5 Å². The molecule has 0 spiro atoms. The van der Waals surface area contributed by atoms with Crippen molar-refractivity contribution >= 4 is 28.9 Å². The molecular formula is C22H19N5OS. The molecule has 0 atom stereocenters. The Morgan fingerprint density at radius 1 is 1.03 bits per heavy atom. The van der Waals surface area contributed by atoms with Gasteiger partial charge in [0.1, 0.15) is 0 Å². The summed E-state index contributed by atoms with van der Waals surface area (Å²) in [5, 5.41) is 9.14. The first-order valence-electron chi connectivity index (χ1n) is 9.11. The van der Waals surface area contributed by atoms with Gasteiger partial charge in [0.25, 0.3) is 5.91 Å². The normalized spacial score (nSPS) is 10.5. The summed E-state index contributed by atoms with van der Waals surface area (Å²) in [7, 11) is 0. The van der Waals surface area contributed by atoms with E-state index in [2.05, 4.69) is 25.6 Å². The molecule has 4 aromatic rings. The van der Waals surface area contributed by atoms with Gasteiger partial charge in [0.05, 0.1) is 10.7 Å². The molecule has 0 aliphatic rings. The second-order valence-corrected chi connectivity index (χ2v) is 7.47. The lowest BCUT2D eigenvalue weighted by molar-refractivity contribution is 0.0951. The summed E-state index contributed by atoms with van der Waals surface area (Å²) in [6.07, 6.45) is 3.32. The largest absolute Gasteiger partial charge is 0.348 e. The van der Waals surface area contributed by atoms with Crippen LogP contribution >= 0.6 is 11.3 Å². The average molecular weight is 401 g/mol. The molecule has 4 rings (SSSR count). The molecule has 2 N–H and O–H groups in total. The number of hydrogen-bond donors (Lipinski definition) is 2. The molecule has 7 heteroatoms. The monoisotopic (exact) mass is 401 g/mol. The minimum atomic E-state index is -0.137. The topological polar surface area (TPSA) is 79.8 Å². The number of hydrogen-bond acceptors (Lipinski definition) is 6. The molecule has 0 radical (unpaired) electrons. The van der Waals surface area contributed by atoms with Gasteiger partial charge in [-0.1, -0.05) is 30.3 Å². The summed E-state index contributed by atoms with van der Waals surface area (Å²) >= 11 is 1.64. The summed E-state index contributed by atoms with van der Waals surface area (Å²) in [5.41, 5.74) is 4.41. The third-order valence-corrected chi connectivity index (χ3v) is 5.04. The van der Waals surface area contributed by atoms with Crippen molar-refractivity contribution in [2.24, 2.45) is 0 Å². The van der Waals surface area contributed by atoms with Crippen molar-refractivity contribution in [2.45, 2.75) is 13.5 Å². The second kappa shape index (κ2) is 8.62. The SMILES string of the molecule is Cc1nc(-c2ccc(CNC(=O)c3cccc(Nc4ncccn4)c3)cc2)cs1. The van der Waals surface area contributed by atoms with Gasteiger partial charge in [0.2, 0.25) is 5.95 Å². The number of carbonyl (C=O) groups excluding carboxylic acids is 1. The Balaban J connectivity index is 1.37. The van der Waals surface area contributed by atoms with E-state index in [9.17, 15) is 4.79 Å². The number of nitrogens with zero attached hydrogens (tertiary/aromatic N) is 3. The summed E-state index contributed by atoms with van der Waals surface area (Å²) in [4.78, 5) is 25.3. The number of nitrogens with one attached hydrogen (secondary N) is 2. The molecule has 144 valence electrons. The zero-order chi connectivity index (χ0) is 20.1. The molecule has 0 saturated heterocycles. The highest BCUT2D eigenvalue weighted by molar-refractivity contribution is 7.09. The third-order valence-electron chi connectivity index (χ3n) is 4.27. The highest BCUT2D eigenvalue weighted by atomic mass is 32.1. The number of aryl methyl sites for hydroxylation is 1.